The molecule has 0 aromatic heterocycles. The third-order valence-corrected chi connectivity index (χ3v) is 2.15. The Labute approximate surface area is 79.0 Å². The van der Waals surface area contributed by atoms with Crippen LogP contribution in [0.2, 0.25) is 0 Å². The first-order chi connectivity index (χ1) is 6.45. The lowest BCUT2D eigenvalue weighted by Gasteiger charge is -2.03. The first-order valence-electron chi connectivity index (χ1n) is 4.81. The molecule has 0 saturated carbocycles. The number of hydrogen-bond donors (Lipinski definition) is 0. The van der Waals surface area contributed by atoms with Crippen LogP contribution in [0.4, 0.5) is 0 Å². The Balaban J connectivity index is 1.64. The van der Waals surface area contributed by atoms with E-state index < -0.39 is 0 Å². The summed E-state index contributed by atoms with van der Waals surface area (Å²) < 4.78 is 5.56. The SMILES string of the molecule is C1=C(CCCOc2ccccc2)C1. The summed E-state index contributed by atoms with van der Waals surface area (Å²) in [4.78, 5) is 0. The van der Waals surface area contributed by atoms with Crippen molar-refractivity contribution in [3.8, 4) is 5.75 Å². The fourth-order valence-electron chi connectivity index (χ4n) is 1.28. The molecule has 1 aliphatic rings. The zero-order valence-corrected chi connectivity index (χ0v) is 7.70. The maximum absolute atomic E-state index is 5.56. The van der Waals surface area contributed by atoms with E-state index in [9.17, 15) is 0 Å². The fourth-order valence-corrected chi connectivity index (χ4v) is 1.28. The Bertz CT molecular complexity index is 287. The third-order valence-electron chi connectivity index (χ3n) is 2.15. The highest BCUT2D eigenvalue weighted by atomic mass is 16.5. The van der Waals surface area contributed by atoms with Gasteiger partial charge in [0.25, 0.3) is 0 Å². The maximum atomic E-state index is 5.56. The molecule has 68 valence electrons. The van der Waals surface area contributed by atoms with Crippen molar-refractivity contribution in [1.82, 2.24) is 0 Å². The van der Waals surface area contributed by atoms with Gasteiger partial charge < -0.3 is 4.74 Å². The van der Waals surface area contributed by atoms with Crippen LogP contribution in [0, 0.1) is 0 Å². The van der Waals surface area contributed by atoms with E-state index >= 15 is 0 Å². The minimum Gasteiger partial charge on any atom is -0.494 e. The van der Waals surface area contributed by atoms with E-state index in [0.717, 1.165) is 18.8 Å². The van der Waals surface area contributed by atoms with Gasteiger partial charge in [-0.15, -0.1) is 0 Å². The van der Waals surface area contributed by atoms with E-state index in [0.29, 0.717) is 0 Å². The van der Waals surface area contributed by atoms with Crippen LogP contribution in [-0.2, 0) is 0 Å². The Hall–Kier alpha value is -1.24. The molecule has 0 saturated heterocycles. The molecule has 1 aromatic carbocycles. The summed E-state index contributed by atoms with van der Waals surface area (Å²) in [5.41, 5.74) is 1.59. The predicted molar refractivity (Wildman–Crippen MR) is 53.9 cm³/mol. The van der Waals surface area contributed by atoms with E-state index in [1.807, 2.05) is 30.3 Å². The van der Waals surface area contributed by atoms with Gasteiger partial charge in [-0.1, -0.05) is 29.8 Å². The van der Waals surface area contributed by atoms with Crippen molar-refractivity contribution in [1.29, 1.82) is 0 Å². The van der Waals surface area contributed by atoms with E-state index in [-0.39, 0.29) is 0 Å². The second-order valence-corrected chi connectivity index (χ2v) is 3.33. The first kappa shape index (κ1) is 8.36. The molecule has 0 heterocycles. The number of allylic oxidation sites excluding steroid dienone is 2. The van der Waals surface area contributed by atoms with Gasteiger partial charge in [0.15, 0.2) is 0 Å². The van der Waals surface area contributed by atoms with E-state index in [4.69, 9.17) is 4.74 Å². The minimum atomic E-state index is 0.835. The zero-order chi connectivity index (χ0) is 8.93. The number of ether oxygens (including phenoxy) is 1. The summed E-state index contributed by atoms with van der Waals surface area (Å²) in [6, 6.07) is 9.99. The molecule has 0 spiro atoms. The molecule has 0 N–H and O–H groups in total. The second-order valence-electron chi connectivity index (χ2n) is 3.33. The summed E-state index contributed by atoms with van der Waals surface area (Å²) in [6.45, 7) is 0.835. The van der Waals surface area contributed by atoms with Crippen LogP contribution < -0.4 is 4.74 Å². The topological polar surface area (TPSA) is 9.23 Å². The normalized spacial score (nSPS) is 13.7. The molecule has 0 radical (unpaired) electrons. The van der Waals surface area contributed by atoms with Crippen LogP contribution in [-0.4, -0.2) is 6.61 Å². The van der Waals surface area contributed by atoms with Crippen LogP contribution in [0.3, 0.4) is 0 Å². The molecule has 1 aliphatic carbocycles. The van der Waals surface area contributed by atoms with Crippen molar-refractivity contribution in [2.24, 2.45) is 0 Å². The molecule has 0 bridgehead atoms. The highest BCUT2D eigenvalue weighted by Gasteiger charge is 2.05. The highest BCUT2D eigenvalue weighted by molar-refractivity contribution is 5.22. The second kappa shape index (κ2) is 4.13. The third kappa shape index (κ3) is 2.94. The number of rotatable bonds is 5. The zero-order valence-electron chi connectivity index (χ0n) is 7.70. The average Bonchev–Trinajstić information content (AvgIpc) is 2.98. The van der Waals surface area contributed by atoms with E-state index in [1.165, 1.54) is 12.8 Å². The van der Waals surface area contributed by atoms with Gasteiger partial charge in [-0.25, -0.2) is 0 Å². The molecule has 0 amide bonds. The Morgan fingerprint density at radius 1 is 1.15 bits per heavy atom. The van der Waals surface area contributed by atoms with Crippen molar-refractivity contribution in [2.75, 3.05) is 6.61 Å². The average molecular weight is 174 g/mol. The fraction of sp³-hybridized carbons (Fsp3) is 0.333. The largest absolute Gasteiger partial charge is 0.494 e. The molecule has 1 heteroatoms. The summed E-state index contributed by atoms with van der Waals surface area (Å²) in [7, 11) is 0. The number of hydrogen-bond acceptors (Lipinski definition) is 1. The van der Waals surface area contributed by atoms with Crippen molar-refractivity contribution in [3.05, 3.63) is 42.0 Å². The highest BCUT2D eigenvalue weighted by Crippen LogP contribution is 2.23. The number of para-hydroxylation sites is 1. The van der Waals surface area contributed by atoms with Gasteiger partial charge in [0.2, 0.25) is 0 Å². The van der Waals surface area contributed by atoms with Crippen molar-refractivity contribution in [3.63, 3.8) is 0 Å². The summed E-state index contributed by atoms with van der Waals surface area (Å²) >= 11 is 0. The predicted octanol–water partition coefficient (Wildman–Crippen LogP) is 3.18. The minimum absolute atomic E-state index is 0.835. The van der Waals surface area contributed by atoms with Crippen molar-refractivity contribution >= 4 is 0 Å². The molecule has 0 fully saturated rings. The van der Waals surface area contributed by atoms with Gasteiger partial charge in [-0.05, 0) is 31.4 Å². The van der Waals surface area contributed by atoms with Crippen LogP contribution in [0.1, 0.15) is 19.3 Å². The quantitative estimate of drug-likeness (QED) is 0.492. The molecule has 1 aromatic rings. The van der Waals surface area contributed by atoms with Gasteiger partial charge in [-0.2, -0.15) is 0 Å². The Kier molecular flexibility index (Phi) is 2.65. The molecule has 0 unspecified atom stereocenters. The van der Waals surface area contributed by atoms with Crippen LogP contribution in [0.15, 0.2) is 42.0 Å². The first-order valence-corrected chi connectivity index (χ1v) is 4.81. The smallest absolute Gasteiger partial charge is 0.119 e. The van der Waals surface area contributed by atoms with Gasteiger partial charge in [0, 0.05) is 0 Å². The number of benzene rings is 1. The van der Waals surface area contributed by atoms with Gasteiger partial charge >= 0.3 is 0 Å². The summed E-state index contributed by atoms with van der Waals surface area (Å²) in [5.74, 6) is 0.979. The van der Waals surface area contributed by atoms with Crippen molar-refractivity contribution < 1.29 is 4.74 Å². The molecule has 0 atom stereocenters. The van der Waals surface area contributed by atoms with Crippen LogP contribution >= 0.6 is 0 Å². The summed E-state index contributed by atoms with van der Waals surface area (Å²) in [6.07, 6.45) is 5.88. The molecular formula is C12H14O. The molecular weight excluding hydrogens is 160 g/mol. The molecule has 1 nitrogen and oxygen atoms in total. The lowest BCUT2D eigenvalue weighted by Crippen LogP contribution is -1.96. The lowest BCUT2D eigenvalue weighted by molar-refractivity contribution is 0.311. The summed E-state index contributed by atoms with van der Waals surface area (Å²) in [5, 5.41) is 0. The molecule has 2 rings (SSSR count). The van der Waals surface area contributed by atoms with Crippen LogP contribution in [0.5, 0.6) is 5.75 Å². The standard InChI is InChI=1S/C12H14O/c1-2-6-12(7-3-1)13-10-4-5-11-8-9-11/h1-3,6-8H,4-5,9-10H2. The van der Waals surface area contributed by atoms with Gasteiger partial charge in [0.05, 0.1) is 6.61 Å². The van der Waals surface area contributed by atoms with E-state index in [2.05, 4.69) is 6.08 Å². The van der Waals surface area contributed by atoms with Gasteiger partial charge in [0.1, 0.15) is 5.75 Å². The molecule has 0 aliphatic heterocycles. The van der Waals surface area contributed by atoms with Crippen molar-refractivity contribution in [2.45, 2.75) is 19.3 Å². The lowest BCUT2D eigenvalue weighted by atomic mass is 10.3. The molecule has 13 heavy (non-hydrogen) atoms. The monoisotopic (exact) mass is 174 g/mol. The van der Waals surface area contributed by atoms with Gasteiger partial charge in [-0.3, -0.25) is 0 Å². The van der Waals surface area contributed by atoms with E-state index in [1.54, 1.807) is 5.57 Å². The van der Waals surface area contributed by atoms with Crippen LogP contribution in [0.25, 0.3) is 0 Å². The Morgan fingerprint density at radius 3 is 2.62 bits per heavy atom. The Morgan fingerprint density at radius 2 is 1.92 bits per heavy atom. The maximum Gasteiger partial charge on any atom is 0.119 e.